The van der Waals surface area contributed by atoms with E-state index in [0.717, 1.165) is 5.56 Å². The number of nitrogens with two attached hydrogens (primary N) is 1. The van der Waals surface area contributed by atoms with Gasteiger partial charge in [0.1, 0.15) is 11.0 Å². The number of nitrogen functional groups attached to an aromatic ring is 1. The fourth-order valence-electron chi connectivity index (χ4n) is 1.49. The molecule has 1 aromatic heterocycles. The molecule has 0 aliphatic rings. The van der Waals surface area contributed by atoms with E-state index in [-0.39, 0.29) is 12.1 Å². The highest BCUT2D eigenvalue weighted by molar-refractivity contribution is 7.12. The fraction of sp³-hybridized carbons (Fsp3) is 0.154. The van der Waals surface area contributed by atoms with Crippen molar-refractivity contribution in [1.82, 2.24) is 0 Å². The van der Waals surface area contributed by atoms with Crippen LogP contribution in [0.25, 0.3) is 0 Å². The van der Waals surface area contributed by atoms with Crippen molar-refractivity contribution in [2.45, 2.75) is 13.0 Å². The Hall–Kier alpha value is -1.81. The molecule has 0 aliphatic carbocycles. The van der Waals surface area contributed by atoms with Crippen molar-refractivity contribution in [1.29, 1.82) is 0 Å². The summed E-state index contributed by atoms with van der Waals surface area (Å²) in [6.07, 6.45) is -0.273. The zero-order chi connectivity index (χ0) is 12.3. The molecule has 2 N–H and O–H groups in total. The summed E-state index contributed by atoms with van der Waals surface area (Å²) in [4.78, 5) is 12.3. The van der Waals surface area contributed by atoms with Gasteiger partial charge in [-0.05, 0) is 23.9 Å². The first-order chi connectivity index (χ1) is 8.18. The van der Waals surface area contributed by atoms with Crippen LogP contribution < -0.4 is 5.73 Å². The molecule has 2 rings (SSSR count). The molecule has 88 valence electrons. The summed E-state index contributed by atoms with van der Waals surface area (Å²) in [6.45, 7) is 1.84. The lowest BCUT2D eigenvalue weighted by molar-refractivity contribution is 0.0345. The van der Waals surface area contributed by atoms with Gasteiger partial charge in [0, 0.05) is 0 Å². The lowest BCUT2D eigenvalue weighted by atomic mass is 10.1. The summed E-state index contributed by atoms with van der Waals surface area (Å²) < 4.78 is 5.35. The van der Waals surface area contributed by atoms with Crippen LogP contribution in [0, 0.1) is 0 Å². The average molecular weight is 247 g/mol. The topological polar surface area (TPSA) is 52.3 Å². The Morgan fingerprint density at radius 3 is 2.59 bits per heavy atom. The quantitative estimate of drug-likeness (QED) is 0.847. The van der Waals surface area contributed by atoms with Gasteiger partial charge < -0.3 is 10.5 Å². The Kier molecular flexibility index (Phi) is 3.44. The monoisotopic (exact) mass is 247 g/mol. The molecular weight excluding hydrogens is 234 g/mol. The van der Waals surface area contributed by atoms with Gasteiger partial charge in [0.15, 0.2) is 0 Å². The second-order valence-electron chi connectivity index (χ2n) is 3.66. The van der Waals surface area contributed by atoms with Gasteiger partial charge in [-0.3, -0.25) is 0 Å². The van der Waals surface area contributed by atoms with E-state index >= 15 is 0 Å². The molecule has 0 radical (unpaired) electrons. The van der Waals surface area contributed by atoms with Crippen molar-refractivity contribution >= 4 is 23.0 Å². The van der Waals surface area contributed by atoms with E-state index in [9.17, 15) is 4.79 Å². The summed E-state index contributed by atoms with van der Waals surface area (Å²) in [6, 6.07) is 11.3. The number of hydrogen-bond acceptors (Lipinski definition) is 4. The molecule has 3 nitrogen and oxygen atoms in total. The zero-order valence-electron chi connectivity index (χ0n) is 9.42. The first-order valence-electron chi connectivity index (χ1n) is 5.27. The molecule has 17 heavy (non-hydrogen) atoms. The molecule has 0 saturated heterocycles. The molecule has 0 spiro atoms. The molecule has 1 atom stereocenters. The Balaban J connectivity index is 2.08. The van der Waals surface area contributed by atoms with Crippen molar-refractivity contribution in [3.63, 3.8) is 0 Å². The van der Waals surface area contributed by atoms with E-state index in [1.165, 1.54) is 11.3 Å². The molecule has 4 heteroatoms. The van der Waals surface area contributed by atoms with Crippen LogP contribution >= 0.6 is 11.3 Å². The number of rotatable bonds is 3. The summed E-state index contributed by atoms with van der Waals surface area (Å²) >= 11 is 1.30. The Morgan fingerprint density at radius 2 is 2.00 bits per heavy atom. The second-order valence-corrected chi connectivity index (χ2v) is 4.58. The van der Waals surface area contributed by atoms with Crippen molar-refractivity contribution in [3.05, 3.63) is 52.2 Å². The number of thiophene rings is 1. The minimum absolute atomic E-state index is 0.273. The maximum absolute atomic E-state index is 11.8. The molecular formula is C13H13NO2S. The number of carbonyl (C=O) groups excluding carboxylic acids is 1. The predicted octanol–water partition coefficient (Wildman–Crippen LogP) is 3.25. The smallest absolute Gasteiger partial charge is 0.351 e. The van der Waals surface area contributed by atoms with Gasteiger partial charge in [0.25, 0.3) is 0 Å². The lowest BCUT2D eigenvalue weighted by Gasteiger charge is -2.12. The maximum Gasteiger partial charge on any atom is 0.351 e. The minimum Gasteiger partial charge on any atom is -0.454 e. The van der Waals surface area contributed by atoms with Gasteiger partial charge in [-0.1, -0.05) is 30.3 Å². The highest BCUT2D eigenvalue weighted by Crippen LogP contribution is 2.24. The third-order valence-corrected chi connectivity index (χ3v) is 3.34. The molecule has 2 aromatic rings. The molecule has 1 unspecified atom stereocenters. The maximum atomic E-state index is 11.8. The number of esters is 1. The van der Waals surface area contributed by atoms with Gasteiger partial charge in [-0.15, -0.1) is 11.3 Å². The molecule has 0 saturated carbocycles. The van der Waals surface area contributed by atoms with Crippen LogP contribution in [-0.2, 0) is 4.74 Å². The lowest BCUT2D eigenvalue weighted by Crippen LogP contribution is -2.09. The summed E-state index contributed by atoms with van der Waals surface area (Å²) in [5.41, 5.74) is 7.11. The van der Waals surface area contributed by atoms with E-state index in [2.05, 4.69) is 0 Å². The normalized spacial score (nSPS) is 12.1. The minimum atomic E-state index is -0.367. The number of carbonyl (C=O) groups is 1. The number of hydrogen-bond donors (Lipinski definition) is 1. The summed E-state index contributed by atoms with van der Waals surface area (Å²) in [5, 5.41) is 1.78. The van der Waals surface area contributed by atoms with E-state index in [0.29, 0.717) is 10.6 Å². The van der Waals surface area contributed by atoms with Crippen LogP contribution in [-0.4, -0.2) is 5.97 Å². The molecule has 0 fully saturated rings. The van der Waals surface area contributed by atoms with Gasteiger partial charge in [-0.25, -0.2) is 4.79 Å². The predicted molar refractivity (Wildman–Crippen MR) is 69.0 cm³/mol. The Morgan fingerprint density at radius 1 is 1.29 bits per heavy atom. The highest BCUT2D eigenvalue weighted by Gasteiger charge is 2.16. The highest BCUT2D eigenvalue weighted by atomic mass is 32.1. The third kappa shape index (κ3) is 2.65. The van der Waals surface area contributed by atoms with Crippen LogP contribution in [0.4, 0.5) is 5.69 Å². The first kappa shape index (κ1) is 11.7. The van der Waals surface area contributed by atoms with Crippen LogP contribution in [0.15, 0.2) is 41.8 Å². The Bertz CT molecular complexity index is 507. The third-order valence-electron chi connectivity index (χ3n) is 2.43. The zero-order valence-corrected chi connectivity index (χ0v) is 10.2. The van der Waals surface area contributed by atoms with Gasteiger partial charge in [0.05, 0.1) is 5.69 Å². The molecule has 0 aliphatic heterocycles. The average Bonchev–Trinajstić information content (AvgIpc) is 2.76. The van der Waals surface area contributed by atoms with Crippen LogP contribution in [0.3, 0.4) is 0 Å². The number of anilines is 1. The van der Waals surface area contributed by atoms with Crippen molar-refractivity contribution in [2.75, 3.05) is 5.73 Å². The number of ether oxygens (including phenoxy) is 1. The van der Waals surface area contributed by atoms with E-state index in [1.807, 2.05) is 37.3 Å². The van der Waals surface area contributed by atoms with Crippen LogP contribution in [0.1, 0.15) is 28.3 Å². The Labute approximate surface area is 104 Å². The molecule has 1 heterocycles. The molecule has 1 aromatic carbocycles. The van der Waals surface area contributed by atoms with Crippen molar-refractivity contribution < 1.29 is 9.53 Å². The largest absolute Gasteiger partial charge is 0.454 e. The van der Waals surface area contributed by atoms with Gasteiger partial charge >= 0.3 is 5.97 Å². The van der Waals surface area contributed by atoms with E-state index in [4.69, 9.17) is 10.5 Å². The first-order valence-corrected chi connectivity index (χ1v) is 6.15. The van der Waals surface area contributed by atoms with Crippen LogP contribution in [0.5, 0.6) is 0 Å². The SMILES string of the molecule is CC(OC(=O)c1sccc1N)c1ccccc1. The van der Waals surface area contributed by atoms with Gasteiger partial charge in [0.2, 0.25) is 0 Å². The fourth-order valence-corrected chi connectivity index (χ4v) is 2.19. The van der Waals surface area contributed by atoms with Crippen molar-refractivity contribution in [3.8, 4) is 0 Å². The second kappa shape index (κ2) is 5.01. The molecule has 0 amide bonds. The van der Waals surface area contributed by atoms with Gasteiger partial charge in [-0.2, -0.15) is 0 Å². The van der Waals surface area contributed by atoms with Crippen molar-refractivity contribution in [2.24, 2.45) is 0 Å². The standard InChI is InChI=1S/C13H13NO2S/c1-9(10-5-3-2-4-6-10)16-13(15)12-11(14)7-8-17-12/h2-9H,14H2,1H3. The van der Waals surface area contributed by atoms with E-state index in [1.54, 1.807) is 11.4 Å². The van der Waals surface area contributed by atoms with Crippen LogP contribution in [0.2, 0.25) is 0 Å². The summed E-state index contributed by atoms with van der Waals surface area (Å²) in [7, 11) is 0. The van der Waals surface area contributed by atoms with E-state index < -0.39 is 0 Å². The summed E-state index contributed by atoms with van der Waals surface area (Å²) in [5.74, 6) is -0.367. The molecule has 0 bridgehead atoms. The number of benzene rings is 1.